The number of hydrogen-bond acceptors (Lipinski definition) is 1. The van der Waals surface area contributed by atoms with Crippen LogP contribution in [-0.4, -0.2) is 0 Å². The van der Waals surface area contributed by atoms with E-state index in [1.54, 1.807) is 23.5 Å². The van der Waals surface area contributed by atoms with Gasteiger partial charge in [0, 0.05) is 9.35 Å². The van der Waals surface area contributed by atoms with Crippen LogP contribution in [0.5, 0.6) is 0 Å². The Morgan fingerprint density at radius 3 is 2.31 bits per heavy atom. The molecule has 13 heavy (non-hydrogen) atoms. The van der Waals surface area contributed by atoms with E-state index < -0.39 is 0 Å². The third-order valence-corrected chi connectivity index (χ3v) is 3.61. The minimum atomic E-state index is -0.198. The summed E-state index contributed by atoms with van der Waals surface area (Å²) in [5.74, 6) is -0.198. The Bertz CT molecular complexity index is 405. The molecule has 0 saturated carbocycles. The number of hydrogen-bond donors (Lipinski definition) is 0. The summed E-state index contributed by atoms with van der Waals surface area (Å²) in [7, 11) is 0. The van der Waals surface area contributed by atoms with Gasteiger partial charge >= 0.3 is 0 Å². The average Bonchev–Trinajstić information content (AvgIpc) is 2.53. The van der Waals surface area contributed by atoms with Gasteiger partial charge in [-0.3, -0.25) is 0 Å². The summed E-state index contributed by atoms with van der Waals surface area (Å²) in [6.07, 6.45) is 0. The minimum absolute atomic E-state index is 0.198. The minimum Gasteiger partial charge on any atom is -0.207 e. The van der Waals surface area contributed by atoms with Crippen molar-refractivity contribution in [3.05, 3.63) is 46.0 Å². The third-order valence-electron chi connectivity index (χ3n) is 1.72. The molecule has 0 spiro atoms. The molecule has 2 aromatic rings. The number of rotatable bonds is 1. The molecule has 1 aromatic carbocycles. The summed E-state index contributed by atoms with van der Waals surface area (Å²) in [4.78, 5) is 1.14. The SMILES string of the molecule is Fc1ccc(-c2sccc2Br)cc1. The molecule has 0 radical (unpaired) electrons. The van der Waals surface area contributed by atoms with E-state index in [1.165, 1.54) is 12.1 Å². The largest absolute Gasteiger partial charge is 0.207 e. The van der Waals surface area contributed by atoms with Gasteiger partial charge in [0.2, 0.25) is 0 Å². The molecule has 66 valence electrons. The van der Waals surface area contributed by atoms with Gasteiger partial charge in [0.15, 0.2) is 0 Å². The Hall–Kier alpha value is -0.670. The zero-order chi connectivity index (χ0) is 9.26. The lowest BCUT2D eigenvalue weighted by atomic mass is 10.2. The van der Waals surface area contributed by atoms with Crippen LogP contribution in [0.25, 0.3) is 10.4 Å². The Labute approximate surface area is 88.2 Å². The Kier molecular flexibility index (Phi) is 2.47. The van der Waals surface area contributed by atoms with Gasteiger partial charge in [-0.25, -0.2) is 4.39 Å². The molecule has 0 atom stereocenters. The fraction of sp³-hybridized carbons (Fsp3) is 0. The van der Waals surface area contributed by atoms with Gasteiger partial charge in [-0.1, -0.05) is 12.1 Å². The van der Waals surface area contributed by atoms with Crippen LogP contribution in [0.4, 0.5) is 4.39 Å². The lowest BCUT2D eigenvalue weighted by Gasteiger charge is -1.97. The highest BCUT2D eigenvalue weighted by Gasteiger charge is 2.03. The van der Waals surface area contributed by atoms with E-state index in [1.807, 2.05) is 11.4 Å². The van der Waals surface area contributed by atoms with Crippen LogP contribution in [0, 0.1) is 5.82 Å². The second-order valence-corrected chi connectivity index (χ2v) is 4.38. The van der Waals surface area contributed by atoms with E-state index in [9.17, 15) is 4.39 Å². The molecule has 0 aliphatic rings. The van der Waals surface area contributed by atoms with Crippen LogP contribution in [-0.2, 0) is 0 Å². The lowest BCUT2D eigenvalue weighted by Crippen LogP contribution is -1.75. The van der Waals surface area contributed by atoms with Gasteiger partial charge in [0.25, 0.3) is 0 Å². The van der Waals surface area contributed by atoms with Gasteiger partial charge in [0.1, 0.15) is 5.82 Å². The van der Waals surface area contributed by atoms with Crippen LogP contribution in [0.15, 0.2) is 40.2 Å². The molecule has 0 nitrogen and oxygen atoms in total. The predicted molar refractivity (Wildman–Crippen MR) is 57.4 cm³/mol. The molecular weight excluding hydrogens is 251 g/mol. The summed E-state index contributed by atoms with van der Waals surface area (Å²) >= 11 is 5.08. The second-order valence-electron chi connectivity index (χ2n) is 2.60. The molecule has 0 saturated heterocycles. The first-order chi connectivity index (χ1) is 6.27. The van der Waals surface area contributed by atoms with Crippen LogP contribution in [0.1, 0.15) is 0 Å². The average molecular weight is 257 g/mol. The molecule has 2 rings (SSSR count). The molecule has 0 fully saturated rings. The van der Waals surface area contributed by atoms with Gasteiger partial charge in [-0.2, -0.15) is 0 Å². The Morgan fingerprint density at radius 1 is 1.08 bits per heavy atom. The van der Waals surface area contributed by atoms with Crippen LogP contribution < -0.4 is 0 Å². The molecule has 0 bridgehead atoms. The summed E-state index contributed by atoms with van der Waals surface area (Å²) in [5.41, 5.74) is 1.04. The molecule has 0 unspecified atom stereocenters. The van der Waals surface area contributed by atoms with E-state index in [2.05, 4.69) is 15.9 Å². The summed E-state index contributed by atoms with van der Waals surface area (Å²) in [6, 6.07) is 8.50. The monoisotopic (exact) mass is 256 g/mol. The molecule has 0 amide bonds. The van der Waals surface area contributed by atoms with Crippen LogP contribution in [0.2, 0.25) is 0 Å². The summed E-state index contributed by atoms with van der Waals surface area (Å²) < 4.78 is 13.7. The van der Waals surface area contributed by atoms with Gasteiger partial charge in [0.05, 0.1) is 0 Å². The van der Waals surface area contributed by atoms with Gasteiger partial charge < -0.3 is 0 Å². The van der Waals surface area contributed by atoms with E-state index >= 15 is 0 Å². The maximum Gasteiger partial charge on any atom is 0.123 e. The van der Waals surface area contributed by atoms with Crippen molar-refractivity contribution in [1.82, 2.24) is 0 Å². The van der Waals surface area contributed by atoms with Crippen LogP contribution >= 0.6 is 27.3 Å². The van der Waals surface area contributed by atoms with Crippen molar-refractivity contribution in [2.75, 3.05) is 0 Å². The van der Waals surface area contributed by atoms with Crippen molar-refractivity contribution in [3.8, 4) is 10.4 Å². The van der Waals surface area contributed by atoms with Crippen molar-refractivity contribution in [1.29, 1.82) is 0 Å². The fourth-order valence-corrected chi connectivity index (χ4v) is 2.71. The molecular formula is C10H6BrFS. The topological polar surface area (TPSA) is 0 Å². The lowest BCUT2D eigenvalue weighted by molar-refractivity contribution is 0.628. The van der Waals surface area contributed by atoms with E-state index in [0.29, 0.717) is 0 Å². The number of benzene rings is 1. The van der Waals surface area contributed by atoms with Crippen molar-refractivity contribution in [2.24, 2.45) is 0 Å². The molecule has 0 aliphatic carbocycles. The van der Waals surface area contributed by atoms with Gasteiger partial charge in [-0.05, 0) is 45.1 Å². The quantitative estimate of drug-likeness (QED) is 0.713. The molecule has 0 N–H and O–H groups in total. The van der Waals surface area contributed by atoms with Crippen molar-refractivity contribution >= 4 is 27.3 Å². The standard InChI is InChI=1S/C10H6BrFS/c11-9-5-6-13-10(9)7-1-3-8(12)4-2-7/h1-6H. The van der Waals surface area contributed by atoms with E-state index in [4.69, 9.17) is 0 Å². The maximum absolute atomic E-state index is 12.6. The van der Waals surface area contributed by atoms with E-state index in [0.717, 1.165) is 14.9 Å². The second kappa shape index (κ2) is 3.60. The molecule has 1 heterocycles. The summed E-state index contributed by atoms with van der Waals surface area (Å²) in [6.45, 7) is 0. The smallest absolute Gasteiger partial charge is 0.123 e. The molecule has 1 aromatic heterocycles. The normalized spacial score (nSPS) is 10.3. The number of thiophene rings is 1. The van der Waals surface area contributed by atoms with Crippen molar-refractivity contribution in [2.45, 2.75) is 0 Å². The number of halogens is 2. The first kappa shape index (κ1) is 8.91. The first-order valence-corrected chi connectivity index (χ1v) is 5.43. The highest BCUT2D eigenvalue weighted by Crippen LogP contribution is 2.33. The highest BCUT2D eigenvalue weighted by molar-refractivity contribution is 9.10. The zero-order valence-electron chi connectivity index (χ0n) is 6.63. The highest BCUT2D eigenvalue weighted by atomic mass is 79.9. The predicted octanol–water partition coefficient (Wildman–Crippen LogP) is 4.32. The Morgan fingerprint density at radius 2 is 1.77 bits per heavy atom. The fourth-order valence-electron chi connectivity index (χ4n) is 1.10. The Balaban J connectivity index is 2.47. The molecule has 0 aliphatic heterocycles. The van der Waals surface area contributed by atoms with Crippen LogP contribution in [0.3, 0.4) is 0 Å². The van der Waals surface area contributed by atoms with Crippen molar-refractivity contribution in [3.63, 3.8) is 0 Å². The van der Waals surface area contributed by atoms with Crippen molar-refractivity contribution < 1.29 is 4.39 Å². The third kappa shape index (κ3) is 1.81. The first-order valence-electron chi connectivity index (χ1n) is 3.76. The van der Waals surface area contributed by atoms with Gasteiger partial charge in [-0.15, -0.1) is 11.3 Å². The summed E-state index contributed by atoms with van der Waals surface area (Å²) in [5, 5.41) is 2.00. The molecule has 3 heteroatoms. The van der Waals surface area contributed by atoms with E-state index in [-0.39, 0.29) is 5.82 Å². The maximum atomic E-state index is 12.6. The zero-order valence-corrected chi connectivity index (χ0v) is 9.03.